The normalized spacial score (nSPS) is 11.9. The van der Waals surface area contributed by atoms with E-state index in [0.717, 1.165) is 12.3 Å². The summed E-state index contributed by atoms with van der Waals surface area (Å²) in [4.78, 5) is 33.1. The van der Waals surface area contributed by atoms with Crippen LogP contribution in [-0.4, -0.2) is 38.0 Å². The fraction of sp³-hybridized carbons (Fsp3) is 0.167. The lowest BCUT2D eigenvalue weighted by Crippen LogP contribution is -2.42. The first-order valence-corrected chi connectivity index (χ1v) is 6.17. The number of carboxylic acid groups (broad SMARTS) is 1. The van der Waals surface area contributed by atoms with Crippen LogP contribution in [-0.2, 0) is 11.2 Å². The molecule has 1 atom stereocenters. The Kier molecular flexibility index (Phi) is 4.49. The summed E-state index contributed by atoms with van der Waals surface area (Å²) in [6.45, 7) is 0. The van der Waals surface area contributed by atoms with Gasteiger partial charge in [0.1, 0.15) is 17.0 Å². The predicted octanol–water partition coefficient (Wildman–Crippen LogP) is 1.02. The number of aromatic amines is 1. The number of carbonyl (C=O) groups excluding carboxylic acids is 1. The third-order valence-electron chi connectivity index (χ3n) is 2.63. The molecule has 0 aliphatic heterocycles. The summed E-state index contributed by atoms with van der Waals surface area (Å²) in [6, 6.07) is -0.322. The first kappa shape index (κ1) is 14.9. The fourth-order valence-corrected chi connectivity index (χ4v) is 1.82. The number of nitrogens with one attached hydrogen (secondary N) is 2. The molecule has 0 bridgehead atoms. The standard InChI is InChI=1S/C12H10ClFN4O3/c13-10-8(1-6(14)3-16-10)11(19)18-9(12(20)21)2-7-4-15-5-17-7/h1,3-5,9H,2H2,(H,15,17)(H,18,19)(H,20,21). The molecule has 7 nitrogen and oxygen atoms in total. The third kappa shape index (κ3) is 3.76. The van der Waals surface area contributed by atoms with Crippen molar-refractivity contribution in [2.24, 2.45) is 0 Å². The van der Waals surface area contributed by atoms with E-state index in [2.05, 4.69) is 20.3 Å². The van der Waals surface area contributed by atoms with E-state index in [1.807, 2.05) is 0 Å². The van der Waals surface area contributed by atoms with Crippen LogP contribution in [0.4, 0.5) is 4.39 Å². The lowest BCUT2D eigenvalue weighted by Gasteiger charge is -2.14. The second-order valence-electron chi connectivity index (χ2n) is 4.14. The first-order valence-electron chi connectivity index (χ1n) is 5.79. The number of hydrogen-bond acceptors (Lipinski definition) is 4. The minimum absolute atomic E-state index is 0.00143. The molecule has 2 rings (SSSR count). The molecular weight excluding hydrogens is 303 g/mol. The molecule has 2 aromatic heterocycles. The van der Waals surface area contributed by atoms with E-state index in [-0.39, 0.29) is 17.1 Å². The lowest BCUT2D eigenvalue weighted by atomic mass is 10.1. The molecule has 1 unspecified atom stereocenters. The highest BCUT2D eigenvalue weighted by molar-refractivity contribution is 6.32. The number of H-pyrrole nitrogens is 1. The van der Waals surface area contributed by atoms with Crippen LogP contribution in [0, 0.1) is 5.82 Å². The van der Waals surface area contributed by atoms with Gasteiger partial charge in [0.25, 0.3) is 5.91 Å². The summed E-state index contributed by atoms with van der Waals surface area (Å²) in [5.74, 6) is -2.80. The van der Waals surface area contributed by atoms with Gasteiger partial charge < -0.3 is 15.4 Å². The highest BCUT2D eigenvalue weighted by Crippen LogP contribution is 2.14. The van der Waals surface area contributed by atoms with Gasteiger partial charge in [0.15, 0.2) is 0 Å². The Morgan fingerprint density at radius 3 is 2.86 bits per heavy atom. The van der Waals surface area contributed by atoms with Gasteiger partial charge in [0, 0.05) is 18.3 Å². The Hall–Kier alpha value is -2.48. The smallest absolute Gasteiger partial charge is 0.326 e. The van der Waals surface area contributed by atoms with E-state index in [1.165, 1.54) is 12.5 Å². The summed E-state index contributed by atoms with van der Waals surface area (Å²) in [7, 11) is 0. The largest absolute Gasteiger partial charge is 0.480 e. The van der Waals surface area contributed by atoms with Crippen LogP contribution >= 0.6 is 11.6 Å². The molecule has 2 heterocycles. The monoisotopic (exact) mass is 312 g/mol. The molecule has 3 N–H and O–H groups in total. The molecule has 0 fully saturated rings. The van der Waals surface area contributed by atoms with Crippen molar-refractivity contribution in [1.82, 2.24) is 20.3 Å². The average molecular weight is 313 g/mol. The van der Waals surface area contributed by atoms with Crippen LogP contribution in [0.3, 0.4) is 0 Å². The first-order chi connectivity index (χ1) is 9.97. The van der Waals surface area contributed by atoms with E-state index >= 15 is 0 Å². The highest BCUT2D eigenvalue weighted by Gasteiger charge is 2.23. The number of aliphatic carboxylic acids is 1. The second-order valence-corrected chi connectivity index (χ2v) is 4.50. The van der Waals surface area contributed by atoms with Gasteiger partial charge in [-0.2, -0.15) is 0 Å². The van der Waals surface area contributed by atoms with Crippen molar-refractivity contribution in [1.29, 1.82) is 0 Å². The molecule has 21 heavy (non-hydrogen) atoms. The maximum atomic E-state index is 13.1. The molecule has 0 aliphatic carbocycles. The molecule has 0 saturated carbocycles. The Morgan fingerprint density at radius 1 is 1.48 bits per heavy atom. The molecule has 9 heteroatoms. The maximum Gasteiger partial charge on any atom is 0.326 e. The van der Waals surface area contributed by atoms with Gasteiger partial charge in [-0.05, 0) is 6.07 Å². The van der Waals surface area contributed by atoms with Crippen molar-refractivity contribution in [3.63, 3.8) is 0 Å². The number of hydrogen-bond donors (Lipinski definition) is 3. The van der Waals surface area contributed by atoms with Crippen LogP contribution in [0.25, 0.3) is 0 Å². The Balaban J connectivity index is 2.14. The lowest BCUT2D eigenvalue weighted by molar-refractivity contribution is -0.139. The Labute approximate surface area is 123 Å². The van der Waals surface area contributed by atoms with E-state index in [1.54, 1.807) is 0 Å². The van der Waals surface area contributed by atoms with Crippen LogP contribution < -0.4 is 5.32 Å². The van der Waals surface area contributed by atoms with Crippen LogP contribution in [0.1, 0.15) is 16.1 Å². The summed E-state index contributed by atoms with van der Waals surface area (Å²) >= 11 is 5.69. The number of nitrogens with zero attached hydrogens (tertiary/aromatic N) is 2. The van der Waals surface area contributed by atoms with Crippen LogP contribution in [0.15, 0.2) is 24.8 Å². The van der Waals surface area contributed by atoms with E-state index in [0.29, 0.717) is 5.69 Å². The maximum absolute atomic E-state index is 13.1. The summed E-state index contributed by atoms with van der Waals surface area (Å²) in [5, 5.41) is 11.2. The summed E-state index contributed by atoms with van der Waals surface area (Å²) in [6.07, 6.45) is 3.70. The minimum atomic E-state index is -1.24. The summed E-state index contributed by atoms with van der Waals surface area (Å²) in [5.41, 5.74) is 0.304. The number of amides is 1. The predicted molar refractivity (Wildman–Crippen MR) is 70.4 cm³/mol. The molecule has 0 radical (unpaired) electrons. The Morgan fingerprint density at radius 2 is 2.24 bits per heavy atom. The van der Waals surface area contributed by atoms with Crippen molar-refractivity contribution in [3.8, 4) is 0 Å². The van der Waals surface area contributed by atoms with E-state index in [9.17, 15) is 14.0 Å². The van der Waals surface area contributed by atoms with E-state index < -0.39 is 23.7 Å². The molecule has 0 spiro atoms. The quantitative estimate of drug-likeness (QED) is 0.714. The number of imidazole rings is 1. The number of halogens is 2. The Bertz CT molecular complexity index is 663. The summed E-state index contributed by atoms with van der Waals surface area (Å²) < 4.78 is 13.1. The average Bonchev–Trinajstić information content (AvgIpc) is 2.93. The number of pyridine rings is 1. The van der Waals surface area contributed by atoms with Gasteiger partial charge in [-0.3, -0.25) is 4.79 Å². The second kappa shape index (κ2) is 6.31. The fourth-order valence-electron chi connectivity index (χ4n) is 1.63. The van der Waals surface area contributed by atoms with Gasteiger partial charge in [0.2, 0.25) is 0 Å². The van der Waals surface area contributed by atoms with Gasteiger partial charge >= 0.3 is 5.97 Å². The molecule has 1 amide bonds. The SMILES string of the molecule is O=C(NC(Cc1cnc[nH]1)C(=O)O)c1cc(F)cnc1Cl. The van der Waals surface area contributed by atoms with Gasteiger partial charge in [0.05, 0.1) is 18.1 Å². The van der Waals surface area contributed by atoms with Gasteiger partial charge in [-0.25, -0.2) is 19.2 Å². The van der Waals surface area contributed by atoms with Crippen LogP contribution in [0.2, 0.25) is 5.15 Å². The number of rotatable bonds is 5. The zero-order valence-electron chi connectivity index (χ0n) is 10.5. The third-order valence-corrected chi connectivity index (χ3v) is 2.93. The van der Waals surface area contributed by atoms with E-state index in [4.69, 9.17) is 16.7 Å². The van der Waals surface area contributed by atoms with Gasteiger partial charge in [-0.15, -0.1) is 0 Å². The van der Waals surface area contributed by atoms with Crippen LogP contribution in [0.5, 0.6) is 0 Å². The van der Waals surface area contributed by atoms with Gasteiger partial charge in [-0.1, -0.05) is 11.6 Å². The number of carbonyl (C=O) groups is 2. The zero-order chi connectivity index (χ0) is 15.4. The van der Waals surface area contributed by atoms with Crippen molar-refractivity contribution in [3.05, 3.63) is 47.0 Å². The highest BCUT2D eigenvalue weighted by atomic mass is 35.5. The van der Waals surface area contributed by atoms with Crippen molar-refractivity contribution in [2.45, 2.75) is 12.5 Å². The molecule has 0 aliphatic rings. The van der Waals surface area contributed by atoms with Crippen molar-refractivity contribution in [2.75, 3.05) is 0 Å². The number of carboxylic acids is 1. The van der Waals surface area contributed by atoms with Crippen molar-refractivity contribution < 1.29 is 19.1 Å². The molecule has 0 saturated heterocycles. The molecular formula is C12H10ClFN4O3. The topological polar surface area (TPSA) is 108 Å². The molecule has 0 aromatic carbocycles. The zero-order valence-corrected chi connectivity index (χ0v) is 11.3. The minimum Gasteiger partial charge on any atom is -0.480 e. The molecule has 110 valence electrons. The number of aromatic nitrogens is 3. The molecule has 2 aromatic rings. The van der Waals surface area contributed by atoms with Crippen molar-refractivity contribution >= 4 is 23.5 Å².